The fraction of sp³-hybridized carbons (Fsp3) is 0.562. The monoisotopic (exact) mass is 302 g/mol. The molecule has 1 saturated heterocycles. The molecule has 0 bridgehead atoms. The summed E-state index contributed by atoms with van der Waals surface area (Å²) in [5, 5.41) is 8.25. The van der Waals surface area contributed by atoms with E-state index in [-0.39, 0.29) is 17.5 Å². The third-order valence-corrected chi connectivity index (χ3v) is 4.01. The molecule has 6 heteroatoms. The maximum Gasteiger partial charge on any atom is 0.257 e. The Morgan fingerprint density at radius 2 is 2.18 bits per heavy atom. The molecule has 1 amide bonds. The van der Waals surface area contributed by atoms with Crippen molar-refractivity contribution in [1.29, 1.82) is 0 Å². The van der Waals surface area contributed by atoms with Crippen LogP contribution in [0.4, 0.5) is 0 Å². The first kappa shape index (κ1) is 14.8. The van der Waals surface area contributed by atoms with Gasteiger partial charge in [0.25, 0.3) is 5.91 Å². The second-order valence-corrected chi connectivity index (χ2v) is 6.87. The normalized spacial score (nSPS) is 18.9. The summed E-state index contributed by atoms with van der Waals surface area (Å²) in [7, 11) is 0. The maximum atomic E-state index is 12.8. The van der Waals surface area contributed by atoms with E-state index in [0.717, 1.165) is 30.8 Å². The Balaban J connectivity index is 1.83. The third kappa shape index (κ3) is 2.65. The quantitative estimate of drug-likeness (QED) is 0.855. The van der Waals surface area contributed by atoms with Gasteiger partial charge in [-0.1, -0.05) is 5.16 Å². The average Bonchev–Trinajstić information content (AvgIpc) is 3.16. The van der Waals surface area contributed by atoms with E-state index in [1.54, 1.807) is 6.20 Å². The molecule has 118 valence electrons. The second-order valence-electron chi connectivity index (χ2n) is 6.87. The Morgan fingerprint density at radius 1 is 1.41 bits per heavy atom. The molecule has 1 fully saturated rings. The SMILES string of the molecule is Cc1cc([C@H]2CCCN2C(=O)c2cnn(C(C)(C)C)c2)on1. The average molecular weight is 302 g/mol. The smallest absolute Gasteiger partial charge is 0.257 e. The van der Waals surface area contributed by atoms with E-state index in [0.29, 0.717) is 5.56 Å². The third-order valence-electron chi connectivity index (χ3n) is 4.01. The van der Waals surface area contributed by atoms with Crippen molar-refractivity contribution in [2.24, 2.45) is 0 Å². The number of likely N-dealkylation sites (tertiary alicyclic amines) is 1. The molecule has 0 saturated carbocycles. The van der Waals surface area contributed by atoms with Gasteiger partial charge < -0.3 is 9.42 Å². The summed E-state index contributed by atoms with van der Waals surface area (Å²) in [6.45, 7) is 8.81. The molecular formula is C16H22N4O2. The summed E-state index contributed by atoms with van der Waals surface area (Å²) in [4.78, 5) is 14.7. The van der Waals surface area contributed by atoms with Gasteiger partial charge in [-0.2, -0.15) is 5.10 Å². The Labute approximate surface area is 130 Å². The number of carbonyl (C=O) groups is 1. The minimum atomic E-state index is -0.134. The zero-order valence-corrected chi connectivity index (χ0v) is 13.5. The number of amides is 1. The highest BCUT2D eigenvalue weighted by molar-refractivity contribution is 5.94. The van der Waals surface area contributed by atoms with E-state index >= 15 is 0 Å². The van der Waals surface area contributed by atoms with Gasteiger partial charge in [0.2, 0.25) is 0 Å². The van der Waals surface area contributed by atoms with Crippen LogP contribution in [0.1, 0.15) is 61.5 Å². The van der Waals surface area contributed by atoms with Gasteiger partial charge in [0.1, 0.15) is 0 Å². The summed E-state index contributed by atoms with van der Waals surface area (Å²) >= 11 is 0. The standard InChI is InChI=1S/C16H22N4O2/c1-11-8-14(22-18-11)13-6-5-7-19(13)15(21)12-9-17-20(10-12)16(2,3)4/h8-10,13H,5-7H2,1-4H3/t13-/m1/s1. The first-order valence-electron chi connectivity index (χ1n) is 7.65. The van der Waals surface area contributed by atoms with Crippen LogP contribution in [-0.2, 0) is 5.54 Å². The molecule has 3 heterocycles. The Hall–Kier alpha value is -2.11. The molecular weight excluding hydrogens is 280 g/mol. The Kier molecular flexibility index (Phi) is 3.54. The van der Waals surface area contributed by atoms with Crippen molar-refractivity contribution in [3.63, 3.8) is 0 Å². The van der Waals surface area contributed by atoms with Crippen molar-refractivity contribution in [3.8, 4) is 0 Å². The van der Waals surface area contributed by atoms with Crippen LogP contribution in [0.5, 0.6) is 0 Å². The molecule has 6 nitrogen and oxygen atoms in total. The van der Waals surface area contributed by atoms with E-state index in [4.69, 9.17) is 4.52 Å². The van der Waals surface area contributed by atoms with Gasteiger partial charge in [0.15, 0.2) is 5.76 Å². The van der Waals surface area contributed by atoms with E-state index in [1.807, 2.05) is 28.8 Å². The lowest BCUT2D eigenvalue weighted by Crippen LogP contribution is -2.30. The van der Waals surface area contributed by atoms with Gasteiger partial charge in [-0.25, -0.2) is 0 Å². The lowest BCUT2D eigenvalue weighted by Gasteiger charge is -2.22. The van der Waals surface area contributed by atoms with Gasteiger partial charge in [-0.15, -0.1) is 0 Å². The minimum absolute atomic E-state index is 0.00653. The van der Waals surface area contributed by atoms with Crippen molar-refractivity contribution in [2.75, 3.05) is 6.54 Å². The van der Waals surface area contributed by atoms with Crippen LogP contribution in [0.3, 0.4) is 0 Å². The van der Waals surface area contributed by atoms with E-state index in [2.05, 4.69) is 31.0 Å². The lowest BCUT2D eigenvalue weighted by molar-refractivity contribution is 0.0714. The maximum absolute atomic E-state index is 12.8. The molecule has 1 aliphatic rings. The van der Waals surface area contributed by atoms with Crippen molar-refractivity contribution in [3.05, 3.63) is 35.5 Å². The highest BCUT2D eigenvalue weighted by Crippen LogP contribution is 2.33. The van der Waals surface area contributed by atoms with Crippen molar-refractivity contribution >= 4 is 5.91 Å². The molecule has 0 radical (unpaired) electrons. The number of hydrogen-bond acceptors (Lipinski definition) is 4. The van der Waals surface area contributed by atoms with Crippen molar-refractivity contribution < 1.29 is 9.32 Å². The highest BCUT2D eigenvalue weighted by Gasteiger charge is 2.34. The predicted octanol–water partition coefficient (Wildman–Crippen LogP) is 2.91. The van der Waals surface area contributed by atoms with Gasteiger partial charge >= 0.3 is 0 Å². The molecule has 1 aliphatic heterocycles. The number of aromatic nitrogens is 3. The fourth-order valence-corrected chi connectivity index (χ4v) is 2.81. The molecule has 0 N–H and O–H groups in total. The summed E-state index contributed by atoms with van der Waals surface area (Å²) in [6, 6.07) is 1.89. The zero-order chi connectivity index (χ0) is 15.9. The molecule has 1 atom stereocenters. The van der Waals surface area contributed by atoms with E-state index < -0.39 is 0 Å². The Morgan fingerprint density at radius 3 is 2.77 bits per heavy atom. The van der Waals surface area contributed by atoms with Gasteiger partial charge in [0, 0.05) is 18.8 Å². The first-order valence-corrected chi connectivity index (χ1v) is 7.65. The molecule has 22 heavy (non-hydrogen) atoms. The number of hydrogen-bond donors (Lipinski definition) is 0. The van der Waals surface area contributed by atoms with Crippen LogP contribution < -0.4 is 0 Å². The summed E-state index contributed by atoms with van der Waals surface area (Å²) in [6.07, 6.45) is 5.36. The minimum Gasteiger partial charge on any atom is -0.359 e. The molecule has 0 spiro atoms. The molecule has 0 aromatic carbocycles. The van der Waals surface area contributed by atoms with Gasteiger partial charge in [-0.3, -0.25) is 9.48 Å². The first-order chi connectivity index (χ1) is 10.4. The zero-order valence-electron chi connectivity index (χ0n) is 13.5. The largest absolute Gasteiger partial charge is 0.359 e. The molecule has 3 rings (SSSR count). The lowest BCUT2D eigenvalue weighted by atomic mass is 10.1. The van der Waals surface area contributed by atoms with E-state index in [9.17, 15) is 4.79 Å². The molecule has 2 aromatic rings. The summed E-state index contributed by atoms with van der Waals surface area (Å²) in [5.41, 5.74) is 1.33. The van der Waals surface area contributed by atoms with Crippen LogP contribution in [0, 0.1) is 6.92 Å². The number of nitrogens with zero attached hydrogens (tertiary/aromatic N) is 4. The van der Waals surface area contributed by atoms with Crippen LogP contribution in [-0.4, -0.2) is 32.3 Å². The van der Waals surface area contributed by atoms with Gasteiger partial charge in [0.05, 0.1) is 29.0 Å². The van der Waals surface area contributed by atoms with Crippen LogP contribution in [0.15, 0.2) is 23.0 Å². The molecule has 0 aliphatic carbocycles. The van der Waals surface area contributed by atoms with Crippen molar-refractivity contribution in [1.82, 2.24) is 19.8 Å². The molecule has 2 aromatic heterocycles. The number of rotatable bonds is 2. The number of carbonyl (C=O) groups excluding carboxylic acids is 1. The number of aryl methyl sites for hydroxylation is 1. The van der Waals surface area contributed by atoms with Crippen molar-refractivity contribution in [2.45, 2.75) is 52.1 Å². The van der Waals surface area contributed by atoms with Crippen LogP contribution in [0.2, 0.25) is 0 Å². The van der Waals surface area contributed by atoms with Crippen LogP contribution in [0.25, 0.3) is 0 Å². The van der Waals surface area contributed by atoms with E-state index in [1.165, 1.54) is 0 Å². The van der Waals surface area contributed by atoms with Crippen LogP contribution >= 0.6 is 0 Å². The predicted molar refractivity (Wildman–Crippen MR) is 81.5 cm³/mol. The topological polar surface area (TPSA) is 64.2 Å². The fourth-order valence-electron chi connectivity index (χ4n) is 2.81. The molecule has 0 unspecified atom stereocenters. The summed E-state index contributed by atoms with van der Waals surface area (Å²) in [5.74, 6) is 0.776. The summed E-state index contributed by atoms with van der Waals surface area (Å²) < 4.78 is 7.18. The highest BCUT2D eigenvalue weighted by atomic mass is 16.5. The second kappa shape index (κ2) is 5.26. The van der Waals surface area contributed by atoms with Gasteiger partial charge in [-0.05, 0) is 40.5 Å². The Bertz CT molecular complexity index is 680.